The van der Waals surface area contributed by atoms with Gasteiger partial charge in [0, 0.05) is 25.2 Å². The number of nitro groups is 1. The van der Waals surface area contributed by atoms with E-state index in [-0.39, 0.29) is 10.6 Å². The van der Waals surface area contributed by atoms with Crippen molar-refractivity contribution in [1.82, 2.24) is 0 Å². The SMILES string of the molecule is CO/C([O-])=C1/C=C([N+](=O)[O-])C(OC)(OC)S1. The molecule has 1 aliphatic heterocycles. The van der Waals surface area contributed by atoms with E-state index in [1.807, 2.05) is 0 Å². The van der Waals surface area contributed by atoms with Crippen LogP contribution in [0.1, 0.15) is 0 Å². The second kappa shape index (κ2) is 4.73. The van der Waals surface area contributed by atoms with E-state index >= 15 is 0 Å². The number of rotatable bonds is 4. The van der Waals surface area contributed by atoms with Crippen molar-refractivity contribution >= 4 is 11.8 Å². The number of ether oxygens (including phenoxy) is 3. The van der Waals surface area contributed by atoms with Gasteiger partial charge in [-0.05, 0) is 18.9 Å². The van der Waals surface area contributed by atoms with Gasteiger partial charge in [-0.15, -0.1) is 0 Å². The van der Waals surface area contributed by atoms with Gasteiger partial charge in [0.2, 0.25) is 0 Å². The third-order valence-corrected chi connectivity index (χ3v) is 3.26. The highest BCUT2D eigenvalue weighted by atomic mass is 32.2. The third-order valence-electron chi connectivity index (χ3n) is 1.95. The van der Waals surface area contributed by atoms with Gasteiger partial charge < -0.3 is 19.3 Å². The van der Waals surface area contributed by atoms with E-state index in [2.05, 4.69) is 4.74 Å². The second-order valence-electron chi connectivity index (χ2n) is 2.71. The van der Waals surface area contributed by atoms with Gasteiger partial charge in [-0.25, -0.2) is 0 Å². The Morgan fingerprint density at radius 1 is 1.44 bits per heavy atom. The molecular weight excluding hydrogens is 238 g/mol. The van der Waals surface area contributed by atoms with Gasteiger partial charge in [-0.3, -0.25) is 10.1 Å². The fourth-order valence-electron chi connectivity index (χ4n) is 1.18. The van der Waals surface area contributed by atoms with E-state index < -0.39 is 16.0 Å². The van der Waals surface area contributed by atoms with Crippen LogP contribution >= 0.6 is 11.8 Å². The summed E-state index contributed by atoms with van der Waals surface area (Å²) in [7, 11) is 3.71. The molecule has 0 atom stereocenters. The van der Waals surface area contributed by atoms with Crippen LogP contribution in [0.2, 0.25) is 0 Å². The van der Waals surface area contributed by atoms with Gasteiger partial charge in [0.1, 0.15) is 0 Å². The first-order valence-corrected chi connectivity index (χ1v) is 4.93. The number of nitrogens with zero attached hydrogens (tertiary/aromatic N) is 1. The molecule has 90 valence electrons. The molecule has 1 aliphatic rings. The Balaban J connectivity index is 3.20. The highest BCUT2D eigenvalue weighted by Gasteiger charge is 2.50. The van der Waals surface area contributed by atoms with Crippen molar-refractivity contribution in [2.75, 3.05) is 21.3 Å². The largest absolute Gasteiger partial charge is 0.616 e. The quantitative estimate of drug-likeness (QED) is 0.299. The predicted octanol–water partition coefficient (Wildman–Crippen LogP) is 0.0162. The average Bonchev–Trinajstić information content (AvgIpc) is 2.68. The van der Waals surface area contributed by atoms with E-state index in [1.54, 1.807) is 0 Å². The minimum Gasteiger partial charge on any atom is -0.616 e. The van der Waals surface area contributed by atoms with Crippen LogP contribution < -0.4 is 5.11 Å². The summed E-state index contributed by atoms with van der Waals surface area (Å²) < 4.78 is 14.4. The molecule has 0 spiro atoms. The van der Waals surface area contributed by atoms with Gasteiger partial charge >= 0.3 is 10.8 Å². The highest BCUT2D eigenvalue weighted by Crippen LogP contribution is 2.47. The van der Waals surface area contributed by atoms with Crippen molar-refractivity contribution in [3.05, 3.63) is 32.7 Å². The normalized spacial score (nSPS) is 21.6. The molecule has 0 aromatic heterocycles. The molecule has 7 nitrogen and oxygen atoms in total. The van der Waals surface area contributed by atoms with Crippen LogP contribution in [0.25, 0.3) is 0 Å². The molecule has 0 aromatic rings. The molecule has 0 saturated carbocycles. The zero-order chi connectivity index (χ0) is 12.3. The standard InChI is InChI=1S/C8H11NO6S/c1-13-7(10)5-4-6(9(11)12)8(14-2,15-3)16-5/h4,10H,1-3H3/p-1/b7-5-. The fourth-order valence-corrected chi connectivity index (χ4v) is 2.21. The van der Waals surface area contributed by atoms with Crippen molar-refractivity contribution in [3.8, 4) is 0 Å². The Hall–Kier alpha value is -1.25. The molecule has 0 aromatic carbocycles. The van der Waals surface area contributed by atoms with Crippen molar-refractivity contribution < 1.29 is 24.2 Å². The smallest absolute Gasteiger partial charge is 0.318 e. The Kier molecular flexibility index (Phi) is 3.79. The summed E-state index contributed by atoms with van der Waals surface area (Å²) >= 11 is 0.791. The van der Waals surface area contributed by atoms with Crippen LogP contribution in [0.15, 0.2) is 22.6 Å². The Morgan fingerprint density at radius 2 is 2.00 bits per heavy atom. The van der Waals surface area contributed by atoms with Gasteiger partial charge in [0.05, 0.1) is 10.9 Å². The van der Waals surface area contributed by atoms with Crippen LogP contribution in [-0.2, 0) is 14.2 Å². The van der Waals surface area contributed by atoms with Gasteiger partial charge in [-0.2, -0.15) is 0 Å². The molecular formula is C8H10NO6S-. The van der Waals surface area contributed by atoms with E-state index in [4.69, 9.17) is 9.47 Å². The van der Waals surface area contributed by atoms with Gasteiger partial charge in [0.15, 0.2) is 0 Å². The summed E-state index contributed by atoms with van der Waals surface area (Å²) in [5, 5.41) is 20.4. The lowest BCUT2D eigenvalue weighted by Crippen LogP contribution is -2.33. The fraction of sp³-hybridized carbons (Fsp3) is 0.500. The first kappa shape index (κ1) is 12.8. The molecule has 1 heterocycles. The summed E-state index contributed by atoms with van der Waals surface area (Å²) in [6, 6.07) is 0. The lowest BCUT2D eigenvalue weighted by molar-refractivity contribution is -0.451. The Labute approximate surface area is 95.8 Å². The second-order valence-corrected chi connectivity index (χ2v) is 3.89. The molecule has 1 rings (SSSR count). The average molecular weight is 248 g/mol. The van der Waals surface area contributed by atoms with E-state index in [0.29, 0.717) is 0 Å². The Bertz CT molecular complexity index is 360. The summed E-state index contributed by atoms with van der Waals surface area (Å²) in [5.74, 6) is -0.666. The zero-order valence-electron chi connectivity index (χ0n) is 8.88. The number of allylic oxidation sites excluding steroid dienone is 1. The van der Waals surface area contributed by atoms with Crippen LogP contribution in [0, 0.1) is 10.1 Å². The molecule has 0 unspecified atom stereocenters. The molecule has 8 heteroatoms. The van der Waals surface area contributed by atoms with Crippen LogP contribution in [-0.4, -0.2) is 31.4 Å². The number of methoxy groups -OCH3 is 3. The lowest BCUT2D eigenvalue weighted by Gasteiger charge is -2.22. The van der Waals surface area contributed by atoms with Crippen molar-refractivity contribution in [2.45, 2.75) is 5.12 Å². The molecule has 0 N–H and O–H groups in total. The maximum Gasteiger partial charge on any atom is 0.318 e. The van der Waals surface area contributed by atoms with Gasteiger partial charge in [0.25, 0.3) is 0 Å². The van der Waals surface area contributed by atoms with Crippen LogP contribution in [0.3, 0.4) is 0 Å². The minimum absolute atomic E-state index is 0.0675. The number of hydrogen-bond acceptors (Lipinski definition) is 7. The number of hydrogen-bond donors (Lipinski definition) is 0. The molecule has 0 amide bonds. The summed E-state index contributed by atoms with van der Waals surface area (Å²) in [6.07, 6.45) is 1.09. The molecule has 0 saturated heterocycles. The van der Waals surface area contributed by atoms with Gasteiger partial charge in [-0.1, -0.05) is 0 Å². The zero-order valence-corrected chi connectivity index (χ0v) is 9.70. The predicted molar refractivity (Wildman–Crippen MR) is 53.5 cm³/mol. The van der Waals surface area contributed by atoms with E-state index in [0.717, 1.165) is 17.8 Å². The van der Waals surface area contributed by atoms with Crippen molar-refractivity contribution in [2.24, 2.45) is 0 Å². The number of thioether (sulfide) groups is 1. The van der Waals surface area contributed by atoms with Crippen molar-refractivity contribution in [3.63, 3.8) is 0 Å². The molecule has 16 heavy (non-hydrogen) atoms. The highest BCUT2D eigenvalue weighted by molar-refractivity contribution is 8.04. The lowest BCUT2D eigenvalue weighted by atomic mass is 10.4. The van der Waals surface area contributed by atoms with Crippen molar-refractivity contribution in [1.29, 1.82) is 0 Å². The minimum atomic E-state index is -1.59. The molecule has 0 radical (unpaired) electrons. The summed E-state index contributed by atoms with van der Waals surface area (Å²) in [6.45, 7) is 0. The first-order valence-electron chi connectivity index (χ1n) is 4.12. The molecule has 0 aliphatic carbocycles. The third kappa shape index (κ3) is 1.99. The first-order chi connectivity index (χ1) is 7.50. The maximum absolute atomic E-state index is 11.2. The van der Waals surface area contributed by atoms with E-state index in [1.165, 1.54) is 21.3 Å². The van der Waals surface area contributed by atoms with E-state index in [9.17, 15) is 15.2 Å². The molecule has 0 fully saturated rings. The maximum atomic E-state index is 11.2. The Morgan fingerprint density at radius 3 is 2.31 bits per heavy atom. The van der Waals surface area contributed by atoms with Crippen LogP contribution in [0.4, 0.5) is 0 Å². The van der Waals surface area contributed by atoms with Crippen LogP contribution in [0.5, 0.6) is 0 Å². The molecule has 0 bridgehead atoms. The topological polar surface area (TPSA) is 93.9 Å². The summed E-state index contributed by atoms with van der Waals surface area (Å²) in [4.78, 5) is 10.2. The summed E-state index contributed by atoms with van der Waals surface area (Å²) in [5.41, 5.74) is -0.345. The monoisotopic (exact) mass is 248 g/mol.